The predicted octanol–water partition coefficient (Wildman–Crippen LogP) is 2.50. The molecule has 0 amide bonds. The minimum atomic E-state index is -0.970. The molecule has 21 heavy (non-hydrogen) atoms. The maximum atomic E-state index is 11.8. The van der Waals surface area contributed by atoms with Crippen LogP contribution in [0.15, 0.2) is 23.3 Å². The van der Waals surface area contributed by atoms with Crippen molar-refractivity contribution in [3.8, 4) is 0 Å². The van der Waals surface area contributed by atoms with Gasteiger partial charge in [0.05, 0.1) is 6.61 Å². The van der Waals surface area contributed by atoms with Crippen LogP contribution in [0.4, 0.5) is 0 Å². The van der Waals surface area contributed by atoms with E-state index >= 15 is 0 Å². The molecule has 116 valence electrons. The highest BCUT2D eigenvalue weighted by molar-refractivity contribution is 6.01. The number of hydrogen-bond acceptors (Lipinski definition) is 5. The van der Waals surface area contributed by atoms with Gasteiger partial charge in [0.2, 0.25) is 0 Å². The lowest BCUT2D eigenvalue weighted by Crippen LogP contribution is -2.28. The Balaban J connectivity index is 2.39. The van der Waals surface area contributed by atoms with Crippen molar-refractivity contribution in [1.29, 1.82) is 0 Å². The summed E-state index contributed by atoms with van der Waals surface area (Å²) in [7, 11) is 0. The lowest BCUT2D eigenvalue weighted by Gasteiger charge is -2.15. The Morgan fingerprint density at radius 2 is 2.05 bits per heavy atom. The molecule has 1 aliphatic rings. The number of rotatable bonds is 6. The molecular weight excluding hydrogens is 272 g/mol. The van der Waals surface area contributed by atoms with Crippen molar-refractivity contribution in [2.75, 3.05) is 6.61 Å². The first-order valence-corrected chi connectivity index (χ1v) is 7.14. The van der Waals surface area contributed by atoms with Gasteiger partial charge in [-0.05, 0) is 46.1 Å². The summed E-state index contributed by atoms with van der Waals surface area (Å²) in [6.45, 7) is 5.65. The van der Waals surface area contributed by atoms with Gasteiger partial charge in [-0.15, -0.1) is 0 Å². The molecule has 0 aromatic carbocycles. The molecule has 0 spiro atoms. The molecule has 0 aliphatic heterocycles. The van der Waals surface area contributed by atoms with Crippen LogP contribution >= 0.6 is 0 Å². The second kappa shape index (κ2) is 8.39. The third kappa shape index (κ3) is 6.38. The predicted molar refractivity (Wildman–Crippen MR) is 77.5 cm³/mol. The first kappa shape index (κ1) is 17.1. The monoisotopic (exact) mass is 294 g/mol. The minimum absolute atomic E-state index is 0.0786. The number of hydrogen-bond donors (Lipinski definition) is 0. The first-order chi connectivity index (χ1) is 9.90. The van der Waals surface area contributed by atoms with Crippen LogP contribution in [0.3, 0.4) is 0 Å². The van der Waals surface area contributed by atoms with E-state index in [0.29, 0.717) is 31.3 Å². The Kier molecular flexibility index (Phi) is 6.85. The van der Waals surface area contributed by atoms with E-state index in [4.69, 9.17) is 9.47 Å². The second-order valence-electron chi connectivity index (χ2n) is 5.27. The Morgan fingerprint density at radius 3 is 2.67 bits per heavy atom. The van der Waals surface area contributed by atoms with E-state index < -0.39 is 18.0 Å². The zero-order valence-electron chi connectivity index (χ0n) is 12.8. The molecule has 1 aliphatic carbocycles. The van der Waals surface area contributed by atoms with Gasteiger partial charge in [0.25, 0.3) is 0 Å². The lowest BCUT2D eigenvalue weighted by atomic mass is 9.99. The van der Waals surface area contributed by atoms with E-state index in [2.05, 4.69) is 0 Å². The largest absolute Gasteiger partial charge is 0.463 e. The van der Waals surface area contributed by atoms with Crippen LogP contribution < -0.4 is 0 Å². The summed E-state index contributed by atoms with van der Waals surface area (Å²) in [6, 6.07) is 0. The Bertz CT molecular complexity index is 469. The van der Waals surface area contributed by atoms with Crippen molar-refractivity contribution in [1.82, 2.24) is 0 Å². The summed E-state index contributed by atoms with van der Waals surface area (Å²) in [4.78, 5) is 34.7. The molecular formula is C16H22O5. The molecule has 0 aromatic heterocycles. The normalized spacial score (nSPS) is 15.8. The molecule has 0 aromatic rings. The van der Waals surface area contributed by atoms with Gasteiger partial charge in [-0.25, -0.2) is 9.59 Å². The summed E-state index contributed by atoms with van der Waals surface area (Å²) in [5.74, 6) is -1.27. The van der Waals surface area contributed by atoms with Crippen molar-refractivity contribution in [2.45, 2.75) is 52.6 Å². The van der Waals surface area contributed by atoms with Crippen molar-refractivity contribution in [2.24, 2.45) is 0 Å². The topological polar surface area (TPSA) is 69.7 Å². The van der Waals surface area contributed by atoms with Gasteiger partial charge in [0.1, 0.15) is 0 Å². The van der Waals surface area contributed by atoms with Crippen molar-refractivity contribution < 1.29 is 23.9 Å². The maximum absolute atomic E-state index is 11.8. The molecule has 0 saturated heterocycles. The van der Waals surface area contributed by atoms with Crippen LogP contribution in [0.1, 0.15) is 46.5 Å². The fourth-order valence-electron chi connectivity index (χ4n) is 1.86. The number of ketones is 1. The second-order valence-corrected chi connectivity index (χ2v) is 5.27. The van der Waals surface area contributed by atoms with Crippen LogP contribution in [-0.4, -0.2) is 30.4 Å². The number of allylic oxidation sites excluding steroid dienone is 2. The van der Waals surface area contributed by atoms with Crippen LogP contribution in [0.2, 0.25) is 0 Å². The molecule has 0 saturated carbocycles. The summed E-state index contributed by atoms with van der Waals surface area (Å²) >= 11 is 0. The maximum Gasteiger partial charge on any atom is 0.347 e. The van der Waals surface area contributed by atoms with E-state index in [9.17, 15) is 14.4 Å². The highest BCUT2D eigenvalue weighted by Gasteiger charge is 2.23. The summed E-state index contributed by atoms with van der Waals surface area (Å²) in [6.07, 6.45) is 4.53. The van der Waals surface area contributed by atoms with Gasteiger partial charge < -0.3 is 9.47 Å². The fraction of sp³-hybridized carbons (Fsp3) is 0.562. The van der Waals surface area contributed by atoms with Crippen molar-refractivity contribution in [3.63, 3.8) is 0 Å². The highest BCUT2D eigenvalue weighted by Crippen LogP contribution is 2.17. The quantitative estimate of drug-likeness (QED) is 0.427. The number of carbonyl (C=O) groups excluding carboxylic acids is 3. The Labute approximate surface area is 125 Å². The van der Waals surface area contributed by atoms with Gasteiger partial charge in [0, 0.05) is 12.0 Å². The molecule has 0 fully saturated rings. The minimum Gasteiger partial charge on any atom is -0.463 e. The molecule has 1 atom stereocenters. The average molecular weight is 294 g/mol. The zero-order valence-corrected chi connectivity index (χ0v) is 12.8. The first-order valence-electron chi connectivity index (χ1n) is 7.14. The molecule has 0 radical (unpaired) electrons. The third-order valence-corrected chi connectivity index (χ3v) is 3.00. The van der Waals surface area contributed by atoms with Gasteiger partial charge in [-0.1, -0.05) is 11.6 Å². The van der Waals surface area contributed by atoms with E-state index in [1.807, 2.05) is 19.9 Å². The molecule has 5 heteroatoms. The Hall–Kier alpha value is -1.91. The number of ether oxygens (including phenoxy) is 2. The van der Waals surface area contributed by atoms with Gasteiger partial charge in [0.15, 0.2) is 11.9 Å². The lowest BCUT2D eigenvalue weighted by molar-refractivity contribution is -0.164. The molecule has 1 rings (SSSR count). The zero-order chi connectivity index (χ0) is 15.8. The standard InChI is InChI=1S/C16H22O5/c1-11(2)6-5-9-20-15(18)12(3)21-16(19)13-7-4-8-14(17)10-13/h6,10,12H,4-5,7-9H2,1-3H3/t12-/m0/s1. The molecule has 0 heterocycles. The number of carbonyl (C=O) groups is 3. The summed E-state index contributed by atoms with van der Waals surface area (Å²) in [5, 5.41) is 0. The average Bonchev–Trinajstić information content (AvgIpc) is 2.43. The van der Waals surface area contributed by atoms with Crippen molar-refractivity contribution in [3.05, 3.63) is 23.3 Å². The smallest absolute Gasteiger partial charge is 0.347 e. The highest BCUT2D eigenvalue weighted by atomic mass is 16.6. The summed E-state index contributed by atoms with van der Waals surface area (Å²) < 4.78 is 10.0. The van der Waals surface area contributed by atoms with Crippen LogP contribution in [0.25, 0.3) is 0 Å². The van der Waals surface area contributed by atoms with Gasteiger partial charge >= 0.3 is 11.9 Å². The summed E-state index contributed by atoms with van der Waals surface area (Å²) in [5.41, 5.74) is 1.48. The molecule has 5 nitrogen and oxygen atoms in total. The van der Waals surface area contributed by atoms with Crippen LogP contribution in [0, 0.1) is 0 Å². The third-order valence-electron chi connectivity index (χ3n) is 3.00. The van der Waals surface area contributed by atoms with Gasteiger partial charge in [-0.2, -0.15) is 0 Å². The van der Waals surface area contributed by atoms with E-state index in [-0.39, 0.29) is 12.4 Å². The van der Waals surface area contributed by atoms with Crippen LogP contribution in [-0.2, 0) is 23.9 Å². The van der Waals surface area contributed by atoms with E-state index in [0.717, 1.165) is 5.57 Å². The SMILES string of the molecule is CC(C)=CCCOC(=O)[C@H](C)OC(=O)C1=CC(=O)CCC1. The Morgan fingerprint density at radius 1 is 1.33 bits per heavy atom. The van der Waals surface area contributed by atoms with Crippen molar-refractivity contribution >= 4 is 17.7 Å². The van der Waals surface area contributed by atoms with Gasteiger partial charge in [-0.3, -0.25) is 4.79 Å². The number of esters is 2. The fourth-order valence-corrected chi connectivity index (χ4v) is 1.86. The van der Waals surface area contributed by atoms with Crippen LogP contribution in [0.5, 0.6) is 0 Å². The molecule has 0 bridgehead atoms. The molecule has 0 unspecified atom stereocenters. The van der Waals surface area contributed by atoms with E-state index in [1.165, 1.54) is 13.0 Å². The molecule has 0 N–H and O–H groups in total. The van der Waals surface area contributed by atoms with E-state index in [1.54, 1.807) is 0 Å².